The van der Waals surface area contributed by atoms with Crippen molar-refractivity contribution in [1.82, 2.24) is 9.97 Å². The van der Waals surface area contributed by atoms with Crippen LogP contribution in [0, 0.1) is 4.77 Å². The first kappa shape index (κ1) is 6.79. The molecule has 0 spiro atoms. The molecular weight excluding hydrogens is 160 g/mol. The van der Waals surface area contributed by atoms with Crippen molar-refractivity contribution in [3.8, 4) is 0 Å². The maximum Gasteiger partial charge on any atom is 0.255 e. The van der Waals surface area contributed by atoms with Crippen LogP contribution in [0.25, 0.3) is 0 Å². The van der Waals surface area contributed by atoms with Gasteiger partial charge in [0, 0.05) is 11.8 Å². The maximum absolute atomic E-state index is 11.2. The summed E-state index contributed by atoms with van der Waals surface area (Å²) in [6.07, 6.45) is 3.99. The Kier molecular flexibility index (Phi) is 1.42. The third kappa shape index (κ3) is 1.26. The van der Waals surface area contributed by atoms with Crippen molar-refractivity contribution in [2.75, 3.05) is 0 Å². The zero-order valence-corrected chi connectivity index (χ0v) is 6.70. The van der Waals surface area contributed by atoms with Gasteiger partial charge in [0.1, 0.15) is 0 Å². The van der Waals surface area contributed by atoms with E-state index in [0.29, 0.717) is 10.7 Å². The molecule has 0 amide bonds. The predicted octanol–water partition coefficient (Wildman–Crippen LogP) is 1.31. The number of hydrogen-bond donors (Lipinski definition) is 2. The third-order valence-electron chi connectivity index (χ3n) is 1.87. The molecule has 1 fully saturated rings. The van der Waals surface area contributed by atoms with Crippen LogP contribution in [0.3, 0.4) is 0 Å². The molecule has 0 unspecified atom stereocenters. The first-order valence-corrected chi connectivity index (χ1v) is 4.00. The zero-order chi connectivity index (χ0) is 7.84. The second kappa shape index (κ2) is 2.30. The molecule has 3 nitrogen and oxygen atoms in total. The molecule has 1 heterocycles. The van der Waals surface area contributed by atoms with E-state index in [1.165, 1.54) is 0 Å². The number of aromatic amines is 2. The van der Waals surface area contributed by atoms with Gasteiger partial charge in [-0.05, 0) is 31.0 Å². The Bertz CT molecular complexity index is 375. The van der Waals surface area contributed by atoms with E-state index in [2.05, 4.69) is 9.97 Å². The second-order valence-electron chi connectivity index (χ2n) is 2.80. The minimum atomic E-state index is -0.0312. The van der Waals surface area contributed by atoms with Crippen molar-refractivity contribution in [2.24, 2.45) is 0 Å². The maximum atomic E-state index is 11.2. The van der Waals surface area contributed by atoms with E-state index in [4.69, 9.17) is 12.2 Å². The standard InChI is InChI=1S/C7H8N2OS/c10-6-5(4-1-2-4)3-8-7(11)9-6/h3-4H,1-2H2,(H2,8,9,10,11). The van der Waals surface area contributed by atoms with Crippen molar-refractivity contribution in [1.29, 1.82) is 0 Å². The van der Waals surface area contributed by atoms with E-state index in [-0.39, 0.29) is 5.56 Å². The van der Waals surface area contributed by atoms with Crippen LogP contribution in [0.2, 0.25) is 0 Å². The Labute approximate surface area is 68.5 Å². The molecule has 0 aliphatic heterocycles. The molecule has 0 atom stereocenters. The van der Waals surface area contributed by atoms with Gasteiger partial charge in [-0.1, -0.05) is 0 Å². The van der Waals surface area contributed by atoms with Crippen molar-refractivity contribution in [2.45, 2.75) is 18.8 Å². The fourth-order valence-electron chi connectivity index (χ4n) is 1.12. The van der Waals surface area contributed by atoms with Crippen molar-refractivity contribution >= 4 is 12.2 Å². The molecular formula is C7H8N2OS. The van der Waals surface area contributed by atoms with E-state index in [9.17, 15) is 4.79 Å². The summed E-state index contributed by atoms with van der Waals surface area (Å²) in [4.78, 5) is 16.6. The van der Waals surface area contributed by atoms with E-state index >= 15 is 0 Å². The summed E-state index contributed by atoms with van der Waals surface area (Å²) in [6, 6.07) is 0. The molecule has 2 N–H and O–H groups in total. The molecule has 1 aromatic rings. The van der Waals surface area contributed by atoms with Gasteiger partial charge >= 0.3 is 0 Å². The largest absolute Gasteiger partial charge is 0.338 e. The van der Waals surface area contributed by atoms with Crippen LogP contribution in [-0.4, -0.2) is 9.97 Å². The monoisotopic (exact) mass is 168 g/mol. The topological polar surface area (TPSA) is 48.6 Å². The van der Waals surface area contributed by atoms with Gasteiger partial charge < -0.3 is 4.98 Å². The summed E-state index contributed by atoms with van der Waals surface area (Å²) in [5.74, 6) is 0.477. The number of rotatable bonds is 1. The van der Waals surface area contributed by atoms with Gasteiger partial charge in [-0.15, -0.1) is 0 Å². The number of H-pyrrole nitrogens is 2. The molecule has 11 heavy (non-hydrogen) atoms. The van der Waals surface area contributed by atoms with Gasteiger partial charge in [-0.2, -0.15) is 0 Å². The SMILES string of the molecule is O=c1[nH]c(=S)[nH]cc1C1CC1. The summed E-state index contributed by atoms with van der Waals surface area (Å²) in [5, 5.41) is 0. The lowest BCUT2D eigenvalue weighted by molar-refractivity contribution is 0.980. The zero-order valence-electron chi connectivity index (χ0n) is 5.89. The molecule has 0 bridgehead atoms. The highest BCUT2D eigenvalue weighted by atomic mass is 32.1. The van der Waals surface area contributed by atoms with Crippen LogP contribution in [0.5, 0.6) is 0 Å². The lowest BCUT2D eigenvalue weighted by atomic mass is 10.2. The number of nitrogens with one attached hydrogen (secondary N) is 2. The van der Waals surface area contributed by atoms with Crippen molar-refractivity contribution < 1.29 is 0 Å². The fraction of sp³-hybridized carbons (Fsp3) is 0.429. The highest BCUT2D eigenvalue weighted by Gasteiger charge is 2.25. The van der Waals surface area contributed by atoms with Crippen molar-refractivity contribution in [3.05, 3.63) is 26.9 Å². The molecule has 2 rings (SSSR count). The molecule has 1 aromatic heterocycles. The Balaban J connectivity index is 2.56. The molecule has 1 saturated carbocycles. The van der Waals surface area contributed by atoms with Crippen LogP contribution in [-0.2, 0) is 0 Å². The lowest BCUT2D eigenvalue weighted by Gasteiger charge is -1.93. The summed E-state index contributed by atoms with van der Waals surface area (Å²) >= 11 is 4.76. The molecule has 58 valence electrons. The third-order valence-corrected chi connectivity index (χ3v) is 2.09. The number of hydrogen-bond acceptors (Lipinski definition) is 2. The first-order chi connectivity index (χ1) is 5.27. The smallest absolute Gasteiger partial charge is 0.255 e. The summed E-state index contributed by atoms with van der Waals surface area (Å²) in [7, 11) is 0. The van der Waals surface area contributed by atoms with Crippen LogP contribution < -0.4 is 5.56 Å². The van der Waals surface area contributed by atoms with E-state index in [1.54, 1.807) is 6.20 Å². The quantitative estimate of drug-likeness (QED) is 0.621. The normalized spacial score (nSPS) is 16.7. The van der Waals surface area contributed by atoms with E-state index in [0.717, 1.165) is 18.4 Å². The fourth-order valence-corrected chi connectivity index (χ4v) is 1.27. The molecule has 0 radical (unpaired) electrons. The van der Waals surface area contributed by atoms with Gasteiger partial charge in [0.15, 0.2) is 4.77 Å². The summed E-state index contributed by atoms with van der Waals surface area (Å²) in [6.45, 7) is 0. The molecule has 0 saturated heterocycles. The van der Waals surface area contributed by atoms with Crippen LogP contribution in [0.4, 0.5) is 0 Å². The highest BCUT2D eigenvalue weighted by Crippen LogP contribution is 2.37. The minimum absolute atomic E-state index is 0.0312. The Morgan fingerprint density at radius 2 is 2.27 bits per heavy atom. The minimum Gasteiger partial charge on any atom is -0.338 e. The Morgan fingerprint density at radius 3 is 2.82 bits per heavy atom. The Hall–Kier alpha value is -0.900. The van der Waals surface area contributed by atoms with E-state index < -0.39 is 0 Å². The van der Waals surface area contributed by atoms with Gasteiger partial charge in [0.2, 0.25) is 0 Å². The lowest BCUT2D eigenvalue weighted by Crippen LogP contribution is -2.12. The Morgan fingerprint density at radius 1 is 1.55 bits per heavy atom. The molecule has 4 heteroatoms. The van der Waals surface area contributed by atoms with Gasteiger partial charge in [0.25, 0.3) is 5.56 Å². The molecule has 0 aromatic carbocycles. The average Bonchev–Trinajstić information content (AvgIpc) is 2.70. The van der Waals surface area contributed by atoms with Crippen molar-refractivity contribution in [3.63, 3.8) is 0 Å². The summed E-state index contributed by atoms with van der Waals surface area (Å²) in [5.41, 5.74) is 0.815. The van der Waals surface area contributed by atoms with Gasteiger partial charge in [-0.3, -0.25) is 9.78 Å². The predicted molar refractivity (Wildman–Crippen MR) is 44.2 cm³/mol. The van der Waals surface area contributed by atoms with Gasteiger partial charge in [0.05, 0.1) is 0 Å². The van der Waals surface area contributed by atoms with E-state index in [1.807, 2.05) is 0 Å². The van der Waals surface area contributed by atoms with Crippen LogP contribution in [0.15, 0.2) is 11.0 Å². The average molecular weight is 168 g/mol. The highest BCUT2D eigenvalue weighted by molar-refractivity contribution is 7.71. The van der Waals surface area contributed by atoms with Gasteiger partial charge in [-0.25, -0.2) is 0 Å². The second-order valence-corrected chi connectivity index (χ2v) is 3.21. The van der Waals surface area contributed by atoms with Crippen LogP contribution in [0.1, 0.15) is 24.3 Å². The number of aromatic nitrogens is 2. The molecule has 1 aliphatic carbocycles. The first-order valence-electron chi connectivity index (χ1n) is 3.59. The van der Waals surface area contributed by atoms with Crippen LogP contribution >= 0.6 is 12.2 Å². The molecule has 1 aliphatic rings. The summed E-state index contributed by atoms with van der Waals surface area (Å²) < 4.78 is 0.402.